The molecule has 6 heteroatoms. The van der Waals surface area contributed by atoms with Crippen LogP contribution in [0, 0.1) is 0 Å². The van der Waals surface area contributed by atoms with E-state index in [9.17, 15) is 9.59 Å². The number of ether oxygens (including phenoxy) is 1. The monoisotopic (exact) mass is 510 g/mol. The molecule has 5 rings (SSSR count). The molecule has 0 spiro atoms. The minimum atomic E-state index is -0.327. The fraction of sp³-hybridized carbons (Fsp3) is 0.161. The number of methoxy groups -OCH3 is 1. The van der Waals surface area contributed by atoms with E-state index in [1.54, 1.807) is 13.2 Å². The van der Waals surface area contributed by atoms with E-state index in [-0.39, 0.29) is 18.4 Å². The predicted octanol–water partition coefficient (Wildman–Crippen LogP) is 6.40. The van der Waals surface area contributed by atoms with Crippen molar-refractivity contribution in [1.29, 1.82) is 0 Å². The van der Waals surface area contributed by atoms with Gasteiger partial charge in [0.1, 0.15) is 10.9 Å². The first-order valence-electron chi connectivity index (χ1n) is 12.3. The lowest BCUT2D eigenvalue weighted by atomic mass is 10.00. The maximum Gasteiger partial charge on any atom is 0.262 e. The maximum atomic E-state index is 13.9. The normalized spacial score (nSPS) is 14.0. The zero-order valence-electron chi connectivity index (χ0n) is 20.8. The Kier molecular flexibility index (Phi) is 6.97. The third-order valence-corrected chi connectivity index (χ3v) is 7.07. The van der Waals surface area contributed by atoms with Crippen molar-refractivity contribution < 1.29 is 14.3 Å². The fourth-order valence-corrected chi connectivity index (χ4v) is 5.23. The smallest absolute Gasteiger partial charge is 0.262 e. The Morgan fingerprint density at radius 3 is 2.41 bits per heavy atom. The van der Waals surface area contributed by atoms with Gasteiger partial charge in [-0.1, -0.05) is 78.3 Å². The third kappa shape index (κ3) is 4.58. The summed E-state index contributed by atoms with van der Waals surface area (Å²) >= 11 is 6.89. The second-order valence-electron chi connectivity index (χ2n) is 8.82. The molecular formula is C31H27ClN2O3. The number of halogens is 1. The van der Waals surface area contributed by atoms with Crippen LogP contribution in [0.2, 0.25) is 5.15 Å². The van der Waals surface area contributed by atoms with E-state index in [1.807, 2.05) is 96.4 Å². The molecule has 5 nitrogen and oxygen atoms in total. The number of rotatable bonds is 8. The van der Waals surface area contributed by atoms with Crippen LogP contribution in [0.1, 0.15) is 23.6 Å². The number of amides is 2. The highest BCUT2D eigenvalue weighted by atomic mass is 35.5. The standard InChI is InChI=1S/C31H27ClN2O3/c1-3-33-26-15-8-7-14-24(26)27(29(33)32)28-25(17-16-22-12-9-13-23(20-22)37-2)30(35)34(31(28)36)19-18-21-10-5-4-6-11-21/h4-17,20H,3,18-19H2,1-2H3/b17-16+. The summed E-state index contributed by atoms with van der Waals surface area (Å²) in [6.45, 7) is 2.93. The molecule has 0 saturated carbocycles. The van der Waals surface area contributed by atoms with Crippen LogP contribution in [0.3, 0.4) is 0 Å². The van der Waals surface area contributed by atoms with Gasteiger partial charge in [0.2, 0.25) is 0 Å². The number of nitrogens with zero attached hydrogens (tertiary/aromatic N) is 2. The zero-order valence-corrected chi connectivity index (χ0v) is 21.5. The molecule has 1 aliphatic heterocycles. The van der Waals surface area contributed by atoms with E-state index in [1.165, 1.54) is 4.90 Å². The molecule has 2 amide bonds. The van der Waals surface area contributed by atoms with Crippen molar-refractivity contribution in [3.8, 4) is 5.75 Å². The summed E-state index contributed by atoms with van der Waals surface area (Å²) in [5.74, 6) is 0.0651. The molecule has 186 valence electrons. The van der Waals surface area contributed by atoms with E-state index in [4.69, 9.17) is 16.3 Å². The van der Waals surface area contributed by atoms with Crippen molar-refractivity contribution in [3.63, 3.8) is 0 Å². The largest absolute Gasteiger partial charge is 0.497 e. The molecule has 1 aliphatic rings. The predicted molar refractivity (Wildman–Crippen MR) is 148 cm³/mol. The molecule has 0 radical (unpaired) electrons. The molecule has 0 N–H and O–H groups in total. The molecule has 0 unspecified atom stereocenters. The molecule has 0 atom stereocenters. The van der Waals surface area contributed by atoms with Gasteiger partial charge in [-0.15, -0.1) is 0 Å². The average Bonchev–Trinajstić information content (AvgIpc) is 3.34. The molecule has 2 heterocycles. The first kappa shape index (κ1) is 24.6. The highest BCUT2D eigenvalue weighted by Gasteiger charge is 2.39. The van der Waals surface area contributed by atoms with Crippen LogP contribution in [0.25, 0.3) is 22.6 Å². The topological polar surface area (TPSA) is 51.5 Å². The van der Waals surface area contributed by atoms with Gasteiger partial charge in [-0.2, -0.15) is 0 Å². The Hall–Kier alpha value is -4.09. The van der Waals surface area contributed by atoms with E-state index >= 15 is 0 Å². The molecule has 0 fully saturated rings. The summed E-state index contributed by atoms with van der Waals surface area (Å²) in [6.07, 6.45) is 4.13. The maximum absolute atomic E-state index is 13.9. The minimum absolute atomic E-state index is 0.283. The van der Waals surface area contributed by atoms with Gasteiger partial charge in [0.05, 0.1) is 18.3 Å². The van der Waals surface area contributed by atoms with Crippen LogP contribution in [0.15, 0.2) is 90.5 Å². The molecule has 0 aliphatic carbocycles. The Morgan fingerprint density at radius 2 is 1.65 bits per heavy atom. The quantitative estimate of drug-likeness (QED) is 0.258. The molecule has 4 aromatic rings. The third-order valence-electron chi connectivity index (χ3n) is 6.68. The summed E-state index contributed by atoms with van der Waals surface area (Å²) in [6, 6.07) is 25.2. The van der Waals surface area contributed by atoms with E-state index in [0.29, 0.717) is 40.6 Å². The van der Waals surface area contributed by atoms with E-state index in [0.717, 1.165) is 22.0 Å². The van der Waals surface area contributed by atoms with Gasteiger partial charge in [-0.25, -0.2) is 0 Å². The lowest BCUT2D eigenvalue weighted by Crippen LogP contribution is -2.33. The van der Waals surface area contributed by atoms with Crippen LogP contribution in [-0.4, -0.2) is 34.9 Å². The summed E-state index contributed by atoms with van der Waals surface area (Å²) in [5, 5.41) is 1.31. The number of para-hydroxylation sites is 1. The molecule has 37 heavy (non-hydrogen) atoms. The van der Waals surface area contributed by atoms with Crippen molar-refractivity contribution in [3.05, 3.63) is 112 Å². The van der Waals surface area contributed by atoms with Gasteiger partial charge < -0.3 is 9.30 Å². The van der Waals surface area contributed by atoms with Crippen molar-refractivity contribution >= 4 is 46.0 Å². The number of carbonyl (C=O) groups is 2. The molecular weight excluding hydrogens is 484 g/mol. The lowest BCUT2D eigenvalue weighted by molar-refractivity contribution is -0.136. The first-order valence-corrected chi connectivity index (χ1v) is 12.6. The zero-order chi connectivity index (χ0) is 25.9. The van der Waals surface area contributed by atoms with Crippen LogP contribution in [-0.2, 0) is 22.6 Å². The van der Waals surface area contributed by atoms with Crippen molar-refractivity contribution in [2.75, 3.05) is 13.7 Å². The van der Waals surface area contributed by atoms with Crippen molar-refractivity contribution in [2.24, 2.45) is 0 Å². The van der Waals surface area contributed by atoms with Crippen molar-refractivity contribution in [1.82, 2.24) is 9.47 Å². The molecule has 3 aromatic carbocycles. The highest BCUT2D eigenvalue weighted by Crippen LogP contribution is 2.40. The Bertz CT molecular complexity index is 1550. The SMILES string of the molecule is CCn1c(Cl)c(C2=C(/C=C/c3cccc(OC)c3)C(=O)N(CCc3ccccc3)C2=O)c2ccccc21. The Labute approximate surface area is 221 Å². The first-order chi connectivity index (χ1) is 18.0. The second-order valence-corrected chi connectivity index (χ2v) is 9.18. The molecule has 1 aromatic heterocycles. The van der Waals surface area contributed by atoms with E-state index < -0.39 is 0 Å². The number of imide groups is 1. The summed E-state index contributed by atoms with van der Waals surface area (Å²) in [4.78, 5) is 28.9. The lowest BCUT2D eigenvalue weighted by Gasteiger charge is -2.15. The molecule has 0 saturated heterocycles. The summed E-state index contributed by atoms with van der Waals surface area (Å²) in [5.41, 5.74) is 4.12. The van der Waals surface area contributed by atoms with Gasteiger partial charge >= 0.3 is 0 Å². The van der Waals surface area contributed by atoms with Crippen LogP contribution in [0.5, 0.6) is 5.75 Å². The van der Waals surface area contributed by atoms with Gasteiger partial charge in [0, 0.05) is 29.6 Å². The second kappa shape index (κ2) is 10.5. The van der Waals surface area contributed by atoms with Crippen LogP contribution >= 0.6 is 11.6 Å². The van der Waals surface area contributed by atoms with Crippen molar-refractivity contribution in [2.45, 2.75) is 19.9 Å². The van der Waals surface area contributed by atoms with E-state index in [2.05, 4.69) is 0 Å². The summed E-state index contributed by atoms with van der Waals surface area (Å²) in [7, 11) is 1.61. The molecule has 0 bridgehead atoms. The Balaban J connectivity index is 1.62. The van der Waals surface area contributed by atoms with Gasteiger partial charge in [-0.3, -0.25) is 14.5 Å². The average molecular weight is 511 g/mol. The summed E-state index contributed by atoms with van der Waals surface area (Å²) < 4.78 is 7.30. The number of fused-ring (bicyclic) bond motifs is 1. The van der Waals surface area contributed by atoms with Gasteiger partial charge in [-0.05, 0) is 48.7 Å². The number of aromatic nitrogens is 1. The number of hydrogen-bond acceptors (Lipinski definition) is 3. The fourth-order valence-electron chi connectivity index (χ4n) is 4.82. The van der Waals surface area contributed by atoms with Crippen LogP contribution in [0.4, 0.5) is 0 Å². The number of hydrogen-bond donors (Lipinski definition) is 0. The highest BCUT2D eigenvalue weighted by molar-refractivity contribution is 6.42. The van der Waals surface area contributed by atoms with Gasteiger partial charge in [0.25, 0.3) is 11.8 Å². The Morgan fingerprint density at radius 1 is 0.892 bits per heavy atom. The van der Waals surface area contributed by atoms with Crippen LogP contribution < -0.4 is 4.74 Å². The van der Waals surface area contributed by atoms with Gasteiger partial charge in [0.15, 0.2) is 0 Å². The number of carbonyl (C=O) groups excluding carboxylic acids is 2. The number of benzene rings is 3. The minimum Gasteiger partial charge on any atom is -0.497 e. The number of aryl methyl sites for hydroxylation is 1.